The highest BCUT2D eigenvalue weighted by Gasteiger charge is 2.31. The van der Waals surface area contributed by atoms with Gasteiger partial charge in [-0.2, -0.15) is 18.7 Å². The first-order chi connectivity index (χ1) is 17.8. The average molecular weight is 537 g/mol. The predicted molar refractivity (Wildman–Crippen MR) is 137 cm³/mol. The van der Waals surface area contributed by atoms with Gasteiger partial charge in [-0.25, -0.2) is 4.79 Å². The summed E-state index contributed by atoms with van der Waals surface area (Å²) in [6, 6.07) is 6.69. The normalized spacial score (nSPS) is 14.7. The molecule has 1 fully saturated rings. The Morgan fingerprint density at radius 3 is 2.32 bits per heavy atom. The molecule has 0 radical (unpaired) electrons. The maximum Gasteiger partial charge on any atom is 0.434 e. The second kappa shape index (κ2) is 11.9. The van der Waals surface area contributed by atoms with Gasteiger partial charge in [0.1, 0.15) is 11.9 Å². The predicted octanol–water partition coefficient (Wildman–Crippen LogP) is 5.75. The number of aromatic nitrogens is 1. The van der Waals surface area contributed by atoms with E-state index in [1.807, 2.05) is 32.6 Å². The molecule has 0 aliphatic carbocycles. The number of aryl methyl sites for hydroxylation is 1. The number of piperidine rings is 1. The van der Waals surface area contributed by atoms with Crippen molar-refractivity contribution in [2.24, 2.45) is 0 Å². The molecule has 1 aromatic heterocycles. The van der Waals surface area contributed by atoms with Gasteiger partial charge in [0.2, 0.25) is 0 Å². The van der Waals surface area contributed by atoms with Crippen LogP contribution in [0.5, 0.6) is 5.75 Å². The molecule has 0 spiro atoms. The van der Waals surface area contributed by atoms with E-state index in [4.69, 9.17) is 9.57 Å². The molecule has 3 rings (SSSR count). The minimum absolute atomic E-state index is 0.145. The summed E-state index contributed by atoms with van der Waals surface area (Å²) >= 11 is 0. The lowest BCUT2D eigenvalue weighted by molar-refractivity contribution is -0.137. The van der Waals surface area contributed by atoms with Crippen LogP contribution in [-0.4, -0.2) is 53.2 Å². The molecule has 2 amide bonds. The van der Waals surface area contributed by atoms with Crippen molar-refractivity contribution in [2.75, 3.05) is 24.5 Å². The third kappa shape index (κ3) is 7.52. The quantitative estimate of drug-likeness (QED) is 0.474. The Labute approximate surface area is 221 Å². The first kappa shape index (κ1) is 29.1. The molecular weight excluding hydrogens is 501 g/mol. The summed E-state index contributed by atoms with van der Waals surface area (Å²) in [6.07, 6.45) is -1.59. The van der Waals surface area contributed by atoms with E-state index in [1.54, 1.807) is 13.0 Å². The maximum atomic E-state index is 12.8. The minimum Gasteiger partial charge on any atom is -0.489 e. The van der Waals surface area contributed by atoms with E-state index < -0.39 is 29.3 Å². The number of carbonyl (C=O) groups excluding carboxylic acids is 2. The van der Waals surface area contributed by atoms with Crippen LogP contribution in [0.25, 0.3) is 0 Å². The van der Waals surface area contributed by atoms with Gasteiger partial charge in [-0.05, 0) is 64.4 Å². The van der Waals surface area contributed by atoms with Crippen LogP contribution < -0.4 is 15.1 Å². The number of nitrogens with zero attached hydrogens (tertiary/aromatic N) is 3. The van der Waals surface area contributed by atoms with Gasteiger partial charge in [0.15, 0.2) is 0 Å². The van der Waals surface area contributed by atoms with E-state index in [2.05, 4.69) is 10.5 Å². The summed E-state index contributed by atoms with van der Waals surface area (Å²) in [4.78, 5) is 38.1. The summed E-state index contributed by atoms with van der Waals surface area (Å²) < 4.78 is 44.5. The molecule has 1 aromatic carbocycles. The zero-order valence-corrected chi connectivity index (χ0v) is 22.4. The Morgan fingerprint density at radius 2 is 1.76 bits per heavy atom. The van der Waals surface area contributed by atoms with Crippen molar-refractivity contribution < 1.29 is 32.3 Å². The van der Waals surface area contributed by atoms with Crippen LogP contribution in [0, 0.1) is 6.92 Å². The highest BCUT2D eigenvalue weighted by atomic mass is 19.4. The standard InChI is InChI=1S/C27H35F3N4O4/c1-6-13-34(26(3,4)5)25(36)38-32-24(35)23-16-22(17-31-18(23)2)37-21-11-14-33(15-12-21)20-9-7-19(8-10-20)27(28,29)30/h7-10,16-17,21H,6,11-15H2,1-5H3,(H,32,35). The Bertz CT molecular complexity index is 1110. The molecule has 1 saturated heterocycles. The Balaban J connectivity index is 1.56. The first-order valence-electron chi connectivity index (χ1n) is 12.6. The maximum absolute atomic E-state index is 12.8. The van der Waals surface area contributed by atoms with Crippen molar-refractivity contribution in [3.63, 3.8) is 0 Å². The summed E-state index contributed by atoms with van der Waals surface area (Å²) in [6.45, 7) is 11.0. The number of amides is 2. The molecule has 11 heteroatoms. The van der Waals surface area contributed by atoms with Gasteiger partial charge in [-0.3, -0.25) is 9.78 Å². The number of alkyl halides is 3. The van der Waals surface area contributed by atoms with Gasteiger partial charge in [-0.15, -0.1) is 0 Å². The van der Waals surface area contributed by atoms with Gasteiger partial charge in [0, 0.05) is 43.7 Å². The van der Waals surface area contributed by atoms with E-state index in [1.165, 1.54) is 23.2 Å². The lowest BCUT2D eigenvalue weighted by Gasteiger charge is -2.34. The topological polar surface area (TPSA) is 84.0 Å². The third-order valence-corrected chi connectivity index (χ3v) is 6.32. The van der Waals surface area contributed by atoms with Crippen LogP contribution in [0.3, 0.4) is 0 Å². The molecule has 208 valence electrons. The second-order valence-electron chi connectivity index (χ2n) is 10.3. The van der Waals surface area contributed by atoms with Crippen LogP contribution in [0.2, 0.25) is 0 Å². The summed E-state index contributed by atoms with van der Waals surface area (Å²) in [7, 11) is 0. The van der Waals surface area contributed by atoms with Gasteiger partial charge < -0.3 is 19.4 Å². The summed E-state index contributed by atoms with van der Waals surface area (Å²) in [5, 5.41) is 0. The number of anilines is 1. The Morgan fingerprint density at radius 1 is 1.13 bits per heavy atom. The van der Waals surface area contributed by atoms with Gasteiger partial charge >= 0.3 is 12.3 Å². The molecule has 2 heterocycles. The van der Waals surface area contributed by atoms with Crippen molar-refractivity contribution in [1.29, 1.82) is 0 Å². The highest BCUT2D eigenvalue weighted by Crippen LogP contribution is 2.31. The summed E-state index contributed by atoms with van der Waals surface area (Å²) in [5.41, 5.74) is 2.47. The monoisotopic (exact) mass is 536 g/mol. The number of hydroxylamine groups is 1. The Kier molecular flexibility index (Phi) is 9.11. The number of pyridine rings is 1. The number of halogens is 3. The van der Waals surface area contributed by atoms with Crippen molar-refractivity contribution in [2.45, 2.75) is 71.7 Å². The molecule has 1 aliphatic rings. The zero-order chi connectivity index (χ0) is 28.1. The van der Waals surface area contributed by atoms with Crippen molar-refractivity contribution in [3.05, 3.63) is 53.3 Å². The van der Waals surface area contributed by atoms with E-state index in [0.717, 1.165) is 24.2 Å². The average Bonchev–Trinajstić information content (AvgIpc) is 2.86. The molecule has 38 heavy (non-hydrogen) atoms. The minimum atomic E-state index is -4.36. The molecule has 8 nitrogen and oxygen atoms in total. The van der Waals surface area contributed by atoms with Crippen LogP contribution >= 0.6 is 0 Å². The Hall–Kier alpha value is -3.50. The van der Waals surface area contributed by atoms with Crippen molar-refractivity contribution in [1.82, 2.24) is 15.4 Å². The first-order valence-corrected chi connectivity index (χ1v) is 12.6. The molecule has 0 atom stereocenters. The van der Waals surface area contributed by atoms with Crippen LogP contribution in [-0.2, 0) is 11.0 Å². The zero-order valence-electron chi connectivity index (χ0n) is 22.4. The van der Waals surface area contributed by atoms with Crippen LogP contribution in [0.4, 0.5) is 23.7 Å². The molecule has 0 unspecified atom stereocenters. The number of rotatable bonds is 6. The molecule has 0 bridgehead atoms. The molecule has 1 N–H and O–H groups in total. The third-order valence-electron chi connectivity index (χ3n) is 6.32. The molecular formula is C27H35F3N4O4. The van der Waals surface area contributed by atoms with Gasteiger partial charge in [-0.1, -0.05) is 6.92 Å². The largest absolute Gasteiger partial charge is 0.489 e. The van der Waals surface area contributed by atoms with E-state index in [-0.39, 0.29) is 11.7 Å². The number of hydrogen-bond acceptors (Lipinski definition) is 6. The summed E-state index contributed by atoms with van der Waals surface area (Å²) in [5.74, 6) is -0.210. The lowest BCUT2D eigenvalue weighted by atomic mass is 10.1. The number of nitrogens with one attached hydrogen (secondary N) is 1. The van der Waals surface area contributed by atoms with E-state index in [0.29, 0.717) is 43.9 Å². The number of ether oxygens (including phenoxy) is 1. The molecule has 1 aliphatic heterocycles. The molecule has 2 aromatic rings. The van der Waals surface area contributed by atoms with Crippen LogP contribution in [0.15, 0.2) is 36.5 Å². The van der Waals surface area contributed by atoms with Crippen molar-refractivity contribution in [3.8, 4) is 5.75 Å². The smallest absolute Gasteiger partial charge is 0.434 e. The van der Waals surface area contributed by atoms with Crippen LogP contribution in [0.1, 0.15) is 68.6 Å². The number of hydrogen-bond donors (Lipinski definition) is 1. The fraction of sp³-hybridized carbons (Fsp3) is 0.519. The lowest BCUT2D eigenvalue weighted by Crippen LogP contribution is -2.48. The fourth-order valence-corrected chi connectivity index (χ4v) is 4.22. The van der Waals surface area contributed by atoms with E-state index in [9.17, 15) is 22.8 Å². The fourth-order valence-electron chi connectivity index (χ4n) is 4.22. The number of benzene rings is 1. The van der Waals surface area contributed by atoms with Gasteiger partial charge in [0.05, 0.1) is 23.0 Å². The van der Waals surface area contributed by atoms with Crippen molar-refractivity contribution >= 4 is 17.7 Å². The van der Waals surface area contributed by atoms with Gasteiger partial charge in [0.25, 0.3) is 5.91 Å². The second-order valence-corrected chi connectivity index (χ2v) is 10.3. The molecule has 0 saturated carbocycles. The SMILES string of the molecule is CCCN(C(=O)ONC(=O)c1cc(OC2CCN(c3ccc(C(F)(F)F)cc3)CC2)cnc1C)C(C)(C)C. The highest BCUT2D eigenvalue weighted by molar-refractivity contribution is 5.95. The van der Waals surface area contributed by atoms with E-state index >= 15 is 0 Å². The number of carbonyl (C=O) groups is 2.